The van der Waals surface area contributed by atoms with Gasteiger partial charge >= 0.3 is 0 Å². The number of aromatic nitrogens is 1. The summed E-state index contributed by atoms with van der Waals surface area (Å²) in [6, 6.07) is 14.3. The van der Waals surface area contributed by atoms with Crippen molar-refractivity contribution >= 4 is 10.0 Å². The van der Waals surface area contributed by atoms with E-state index in [1.165, 1.54) is 4.31 Å². The maximum absolute atomic E-state index is 13.1. The summed E-state index contributed by atoms with van der Waals surface area (Å²) in [6.07, 6.45) is 0.828. The van der Waals surface area contributed by atoms with E-state index in [2.05, 4.69) is 16.0 Å². The summed E-state index contributed by atoms with van der Waals surface area (Å²) in [4.78, 5) is 6.73. The van der Waals surface area contributed by atoms with E-state index in [0.717, 1.165) is 25.1 Å². The van der Waals surface area contributed by atoms with Gasteiger partial charge in [-0.2, -0.15) is 9.57 Å². The maximum atomic E-state index is 13.1. The summed E-state index contributed by atoms with van der Waals surface area (Å²) in [5.41, 5.74) is 1.91. The molecule has 1 unspecified atom stereocenters. The van der Waals surface area contributed by atoms with Gasteiger partial charge in [0.05, 0.1) is 30.5 Å². The Morgan fingerprint density at radius 2 is 1.82 bits per heavy atom. The van der Waals surface area contributed by atoms with Crippen molar-refractivity contribution in [3.05, 3.63) is 48.0 Å². The molecule has 4 rings (SSSR count). The lowest BCUT2D eigenvalue weighted by Gasteiger charge is -2.32. The van der Waals surface area contributed by atoms with Crippen LogP contribution in [0.5, 0.6) is 0 Å². The summed E-state index contributed by atoms with van der Waals surface area (Å²) < 4.78 is 33.2. The maximum Gasteiger partial charge on any atom is 0.260 e. The fourth-order valence-electron chi connectivity index (χ4n) is 3.74. The van der Waals surface area contributed by atoms with Crippen molar-refractivity contribution in [1.29, 1.82) is 5.26 Å². The molecule has 0 N–H and O–H groups in total. The predicted octanol–water partition coefficient (Wildman–Crippen LogP) is 1.72. The minimum atomic E-state index is -3.64. The fraction of sp³-hybridized carbons (Fsp3) is 0.400. The number of morpholine rings is 1. The molecule has 0 amide bonds. The molecule has 8 heteroatoms. The Morgan fingerprint density at radius 3 is 2.54 bits per heavy atom. The first-order valence-electron chi connectivity index (χ1n) is 9.37. The molecule has 0 bridgehead atoms. The number of benzene rings is 1. The first-order chi connectivity index (χ1) is 13.6. The van der Waals surface area contributed by atoms with E-state index < -0.39 is 10.0 Å². The molecule has 2 fully saturated rings. The van der Waals surface area contributed by atoms with Crippen molar-refractivity contribution in [2.45, 2.75) is 17.5 Å². The summed E-state index contributed by atoms with van der Waals surface area (Å²) in [7, 11) is -3.64. The average molecular weight is 398 g/mol. The first-order valence-corrected chi connectivity index (χ1v) is 10.8. The van der Waals surface area contributed by atoms with Crippen LogP contribution in [-0.2, 0) is 14.8 Å². The summed E-state index contributed by atoms with van der Waals surface area (Å²) in [5.74, 6) is 0. The highest BCUT2D eigenvalue weighted by Crippen LogP contribution is 2.25. The molecule has 1 aromatic heterocycles. The van der Waals surface area contributed by atoms with E-state index in [0.29, 0.717) is 37.6 Å². The van der Waals surface area contributed by atoms with Crippen LogP contribution in [0.4, 0.5) is 0 Å². The van der Waals surface area contributed by atoms with Crippen molar-refractivity contribution < 1.29 is 13.2 Å². The summed E-state index contributed by atoms with van der Waals surface area (Å²) in [6.45, 7) is 4.11. The molecule has 2 aliphatic heterocycles. The van der Waals surface area contributed by atoms with Gasteiger partial charge in [0.15, 0.2) is 5.03 Å². The third kappa shape index (κ3) is 3.80. The van der Waals surface area contributed by atoms with Gasteiger partial charge in [0.2, 0.25) is 0 Å². The number of nitriles is 1. The minimum Gasteiger partial charge on any atom is -0.379 e. The zero-order chi connectivity index (χ0) is 19.6. The van der Waals surface area contributed by atoms with Crippen LogP contribution in [0, 0.1) is 11.3 Å². The van der Waals surface area contributed by atoms with Gasteiger partial charge in [0, 0.05) is 37.8 Å². The second-order valence-electron chi connectivity index (χ2n) is 7.00. The van der Waals surface area contributed by atoms with Crippen LogP contribution < -0.4 is 0 Å². The molecule has 28 heavy (non-hydrogen) atoms. The number of hydrogen-bond acceptors (Lipinski definition) is 6. The van der Waals surface area contributed by atoms with E-state index in [-0.39, 0.29) is 11.1 Å². The lowest BCUT2D eigenvalue weighted by molar-refractivity contribution is 0.0197. The van der Waals surface area contributed by atoms with Crippen molar-refractivity contribution in [3.63, 3.8) is 0 Å². The Hall–Kier alpha value is -2.31. The van der Waals surface area contributed by atoms with Gasteiger partial charge in [-0.25, -0.2) is 13.4 Å². The molecule has 0 radical (unpaired) electrons. The molecule has 0 saturated carbocycles. The zero-order valence-corrected chi connectivity index (χ0v) is 16.3. The molecule has 2 aliphatic rings. The highest BCUT2D eigenvalue weighted by atomic mass is 32.2. The smallest absolute Gasteiger partial charge is 0.260 e. The second kappa shape index (κ2) is 7.97. The molecule has 1 atom stereocenters. The third-order valence-electron chi connectivity index (χ3n) is 5.33. The highest BCUT2D eigenvalue weighted by Gasteiger charge is 2.36. The quantitative estimate of drug-likeness (QED) is 0.779. The van der Waals surface area contributed by atoms with E-state index in [9.17, 15) is 8.42 Å². The van der Waals surface area contributed by atoms with E-state index >= 15 is 0 Å². The minimum absolute atomic E-state index is 0.0667. The van der Waals surface area contributed by atoms with Crippen LogP contribution in [-0.4, -0.2) is 68.0 Å². The second-order valence-corrected chi connectivity index (χ2v) is 8.89. The number of sulfonamides is 1. The Balaban J connectivity index is 1.53. The van der Waals surface area contributed by atoms with E-state index in [4.69, 9.17) is 10.00 Å². The van der Waals surface area contributed by atoms with Gasteiger partial charge in [0.25, 0.3) is 10.0 Å². The third-order valence-corrected chi connectivity index (χ3v) is 7.09. The number of pyridine rings is 1. The largest absolute Gasteiger partial charge is 0.379 e. The molecule has 146 valence electrons. The lowest BCUT2D eigenvalue weighted by Crippen LogP contribution is -2.45. The van der Waals surface area contributed by atoms with Crippen LogP contribution >= 0.6 is 0 Å². The van der Waals surface area contributed by atoms with Gasteiger partial charge in [-0.05, 0) is 30.7 Å². The van der Waals surface area contributed by atoms with Gasteiger partial charge in [-0.15, -0.1) is 0 Å². The van der Waals surface area contributed by atoms with Crippen molar-refractivity contribution in [2.24, 2.45) is 0 Å². The van der Waals surface area contributed by atoms with Gasteiger partial charge in [-0.3, -0.25) is 4.90 Å². The summed E-state index contributed by atoms with van der Waals surface area (Å²) in [5, 5.41) is 8.99. The molecule has 3 heterocycles. The van der Waals surface area contributed by atoms with Crippen molar-refractivity contribution in [1.82, 2.24) is 14.2 Å². The van der Waals surface area contributed by atoms with Crippen LogP contribution in [0.25, 0.3) is 11.3 Å². The normalized spacial score (nSPS) is 21.5. The van der Waals surface area contributed by atoms with Crippen LogP contribution in [0.15, 0.2) is 47.5 Å². The van der Waals surface area contributed by atoms with Crippen molar-refractivity contribution in [3.8, 4) is 17.3 Å². The highest BCUT2D eigenvalue weighted by molar-refractivity contribution is 7.89. The van der Waals surface area contributed by atoms with Crippen molar-refractivity contribution in [2.75, 3.05) is 39.4 Å². The molecule has 2 saturated heterocycles. The molecule has 0 aliphatic carbocycles. The number of rotatable bonds is 4. The topological polar surface area (TPSA) is 86.5 Å². The predicted molar refractivity (Wildman–Crippen MR) is 104 cm³/mol. The molecule has 7 nitrogen and oxygen atoms in total. The van der Waals surface area contributed by atoms with Gasteiger partial charge in [-0.1, -0.05) is 18.2 Å². The Bertz CT molecular complexity index is 979. The lowest BCUT2D eigenvalue weighted by atomic mass is 10.1. The van der Waals surface area contributed by atoms with Crippen LogP contribution in [0.1, 0.15) is 12.0 Å². The van der Waals surface area contributed by atoms with Gasteiger partial charge < -0.3 is 4.74 Å². The van der Waals surface area contributed by atoms with Crippen LogP contribution in [0.2, 0.25) is 0 Å². The molecule has 0 spiro atoms. The SMILES string of the molecule is N#Cc1ccc(-c2cccc(S(=O)(=O)N3CCC(N4CCOCC4)C3)n2)cc1. The zero-order valence-electron chi connectivity index (χ0n) is 15.5. The van der Waals surface area contributed by atoms with E-state index in [1.54, 1.807) is 42.5 Å². The van der Waals surface area contributed by atoms with Gasteiger partial charge in [0.1, 0.15) is 0 Å². The number of nitrogens with zero attached hydrogens (tertiary/aromatic N) is 4. The standard InChI is InChI=1S/C20H22N4O3S/c21-14-16-4-6-17(7-5-16)19-2-1-3-20(22-19)28(25,26)24-9-8-18(15-24)23-10-12-27-13-11-23/h1-7,18H,8-13,15H2. The Labute approximate surface area is 165 Å². The molecular formula is C20H22N4O3S. The monoisotopic (exact) mass is 398 g/mol. The molecule has 2 aromatic rings. The molecular weight excluding hydrogens is 376 g/mol. The first kappa shape index (κ1) is 19.0. The summed E-state index contributed by atoms with van der Waals surface area (Å²) >= 11 is 0. The Kier molecular flexibility index (Phi) is 5.42. The van der Waals surface area contributed by atoms with Crippen LogP contribution in [0.3, 0.4) is 0 Å². The number of ether oxygens (including phenoxy) is 1. The Morgan fingerprint density at radius 1 is 1.07 bits per heavy atom. The molecule has 1 aromatic carbocycles. The number of hydrogen-bond donors (Lipinski definition) is 0. The van der Waals surface area contributed by atoms with E-state index in [1.807, 2.05) is 0 Å². The average Bonchev–Trinajstić information content (AvgIpc) is 3.26. The fourth-order valence-corrected chi connectivity index (χ4v) is 5.18.